The van der Waals surface area contributed by atoms with Gasteiger partial charge in [-0.3, -0.25) is 4.90 Å². The second-order valence-electron chi connectivity index (χ2n) is 5.96. The summed E-state index contributed by atoms with van der Waals surface area (Å²) in [5.74, 6) is 0. The van der Waals surface area contributed by atoms with Crippen molar-refractivity contribution in [3.8, 4) is 0 Å². The molecule has 1 aliphatic heterocycles. The van der Waals surface area contributed by atoms with E-state index in [1.165, 1.54) is 43.0 Å². The maximum atomic E-state index is 4.65. The van der Waals surface area contributed by atoms with Crippen molar-refractivity contribution in [1.29, 1.82) is 0 Å². The Morgan fingerprint density at radius 3 is 2.64 bits per heavy atom. The fourth-order valence-electron chi connectivity index (χ4n) is 2.90. The lowest BCUT2D eigenvalue weighted by Gasteiger charge is -2.34. The van der Waals surface area contributed by atoms with Crippen LogP contribution in [0, 0.1) is 0 Å². The second kappa shape index (κ2) is 7.40. The highest BCUT2D eigenvalue weighted by molar-refractivity contribution is 7.22. The fraction of sp³-hybridized carbons (Fsp3) is 0.588. The minimum Gasteiger partial charge on any atom is -0.361 e. The van der Waals surface area contributed by atoms with Crippen LogP contribution in [0.2, 0.25) is 0 Å². The van der Waals surface area contributed by atoms with Crippen molar-refractivity contribution in [1.82, 2.24) is 14.8 Å². The van der Waals surface area contributed by atoms with Gasteiger partial charge in [0.25, 0.3) is 0 Å². The molecular weight excluding hydrogens is 292 g/mol. The third kappa shape index (κ3) is 3.77. The fourth-order valence-corrected chi connectivity index (χ4v) is 3.85. The number of hydrogen-bond acceptors (Lipinski definition) is 5. The average molecular weight is 318 g/mol. The summed E-state index contributed by atoms with van der Waals surface area (Å²) < 4.78 is 1.29. The van der Waals surface area contributed by atoms with Crippen LogP contribution in [0.15, 0.2) is 18.2 Å². The number of thiazole rings is 1. The van der Waals surface area contributed by atoms with Gasteiger partial charge in [-0.05, 0) is 30.7 Å². The van der Waals surface area contributed by atoms with Crippen molar-refractivity contribution in [3.63, 3.8) is 0 Å². The van der Waals surface area contributed by atoms with Gasteiger partial charge < -0.3 is 10.2 Å². The Morgan fingerprint density at radius 1 is 1.14 bits per heavy atom. The summed E-state index contributed by atoms with van der Waals surface area (Å²) in [6.07, 6.45) is 1.13. The molecule has 1 saturated heterocycles. The molecule has 0 unspecified atom stereocenters. The molecule has 0 amide bonds. The first-order valence-corrected chi connectivity index (χ1v) is 9.18. The number of rotatable bonds is 6. The lowest BCUT2D eigenvalue weighted by atomic mass is 10.2. The van der Waals surface area contributed by atoms with E-state index in [2.05, 4.69) is 52.1 Å². The first-order valence-electron chi connectivity index (χ1n) is 8.36. The summed E-state index contributed by atoms with van der Waals surface area (Å²) in [7, 11) is 0. The number of aromatic nitrogens is 1. The van der Waals surface area contributed by atoms with Gasteiger partial charge >= 0.3 is 0 Å². The van der Waals surface area contributed by atoms with E-state index in [-0.39, 0.29) is 0 Å². The van der Waals surface area contributed by atoms with E-state index >= 15 is 0 Å². The third-order valence-corrected chi connectivity index (χ3v) is 5.27. The first-order chi connectivity index (χ1) is 10.8. The monoisotopic (exact) mass is 318 g/mol. The summed E-state index contributed by atoms with van der Waals surface area (Å²) >= 11 is 1.77. The molecule has 0 aliphatic carbocycles. The molecule has 0 atom stereocenters. The molecule has 1 N–H and O–H groups in total. The van der Waals surface area contributed by atoms with Crippen molar-refractivity contribution in [2.24, 2.45) is 0 Å². The van der Waals surface area contributed by atoms with Crippen LogP contribution < -0.4 is 5.32 Å². The van der Waals surface area contributed by atoms with Crippen LogP contribution in [0.1, 0.15) is 25.8 Å². The topological polar surface area (TPSA) is 31.4 Å². The summed E-state index contributed by atoms with van der Waals surface area (Å²) in [4.78, 5) is 9.73. The van der Waals surface area contributed by atoms with Crippen LogP contribution in [-0.2, 0) is 6.54 Å². The normalized spacial score (nSPS) is 17.2. The summed E-state index contributed by atoms with van der Waals surface area (Å²) in [5, 5.41) is 4.43. The SMILES string of the molecule is CCCNc1nc2ccc(CN3CCN(CC)CC3)cc2s1. The van der Waals surface area contributed by atoms with Crippen LogP contribution in [0.5, 0.6) is 0 Å². The molecule has 2 aromatic rings. The van der Waals surface area contributed by atoms with Gasteiger partial charge in [0.15, 0.2) is 5.13 Å². The highest BCUT2D eigenvalue weighted by Crippen LogP contribution is 2.27. The van der Waals surface area contributed by atoms with Crippen LogP contribution >= 0.6 is 11.3 Å². The van der Waals surface area contributed by atoms with Crippen molar-refractivity contribution in [2.75, 3.05) is 44.6 Å². The van der Waals surface area contributed by atoms with Gasteiger partial charge in [-0.15, -0.1) is 0 Å². The van der Waals surface area contributed by atoms with Crippen LogP contribution in [0.25, 0.3) is 10.2 Å². The first kappa shape index (κ1) is 15.7. The summed E-state index contributed by atoms with van der Waals surface area (Å²) in [6, 6.07) is 6.72. The Hall–Kier alpha value is -1.17. The minimum atomic E-state index is 0.994. The molecule has 0 saturated carbocycles. The van der Waals surface area contributed by atoms with Crippen molar-refractivity contribution in [3.05, 3.63) is 23.8 Å². The van der Waals surface area contributed by atoms with E-state index in [9.17, 15) is 0 Å². The molecule has 1 aliphatic rings. The zero-order chi connectivity index (χ0) is 15.4. The molecule has 1 fully saturated rings. The lowest BCUT2D eigenvalue weighted by Crippen LogP contribution is -2.45. The van der Waals surface area contributed by atoms with Crippen LogP contribution in [-0.4, -0.2) is 54.1 Å². The molecule has 3 rings (SSSR count). The van der Waals surface area contributed by atoms with Gasteiger partial charge in [0.2, 0.25) is 0 Å². The maximum absolute atomic E-state index is 4.65. The predicted molar refractivity (Wildman–Crippen MR) is 95.8 cm³/mol. The van der Waals surface area contributed by atoms with Crippen molar-refractivity contribution < 1.29 is 0 Å². The largest absolute Gasteiger partial charge is 0.361 e. The average Bonchev–Trinajstić information content (AvgIpc) is 2.95. The number of anilines is 1. The zero-order valence-electron chi connectivity index (χ0n) is 13.6. The highest BCUT2D eigenvalue weighted by Gasteiger charge is 2.15. The van der Waals surface area contributed by atoms with E-state index in [0.29, 0.717) is 0 Å². The predicted octanol–water partition coefficient (Wildman–Crippen LogP) is 3.26. The molecule has 22 heavy (non-hydrogen) atoms. The molecular formula is C17H26N4S. The Morgan fingerprint density at radius 2 is 1.91 bits per heavy atom. The Balaban J connectivity index is 1.64. The summed E-state index contributed by atoms with van der Waals surface area (Å²) in [5.41, 5.74) is 2.52. The molecule has 120 valence electrons. The van der Waals surface area contributed by atoms with Gasteiger partial charge in [-0.2, -0.15) is 0 Å². The number of hydrogen-bond donors (Lipinski definition) is 1. The molecule has 0 spiro atoms. The molecule has 0 bridgehead atoms. The van der Waals surface area contributed by atoms with Crippen molar-refractivity contribution in [2.45, 2.75) is 26.8 Å². The molecule has 0 radical (unpaired) electrons. The van der Waals surface area contributed by atoms with Gasteiger partial charge in [0.05, 0.1) is 10.2 Å². The lowest BCUT2D eigenvalue weighted by molar-refractivity contribution is 0.132. The van der Waals surface area contributed by atoms with E-state index in [0.717, 1.165) is 30.2 Å². The molecule has 4 nitrogen and oxygen atoms in total. The number of nitrogens with zero attached hydrogens (tertiary/aromatic N) is 3. The maximum Gasteiger partial charge on any atom is 0.183 e. The van der Waals surface area contributed by atoms with Gasteiger partial charge in [-0.25, -0.2) is 4.98 Å². The van der Waals surface area contributed by atoms with E-state index in [4.69, 9.17) is 0 Å². The smallest absolute Gasteiger partial charge is 0.183 e. The molecule has 1 aromatic heterocycles. The van der Waals surface area contributed by atoms with Gasteiger partial charge in [0.1, 0.15) is 0 Å². The minimum absolute atomic E-state index is 0.994. The number of likely N-dealkylation sites (N-methyl/N-ethyl adjacent to an activating group) is 1. The number of nitrogens with one attached hydrogen (secondary N) is 1. The molecule has 1 aromatic carbocycles. The van der Waals surface area contributed by atoms with Gasteiger partial charge in [0, 0.05) is 39.3 Å². The molecule has 5 heteroatoms. The van der Waals surface area contributed by atoms with Gasteiger partial charge in [-0.1, -0.05) is 31.3 Å². The molecule has 2 heterocycles. The highest BCUT2D eigenvalue weighted by atomic mass is 32.1. The van der Waals surface area contributed by atoms with Crippen LogP contribution in [0.4, 0.5) is 5.13 Å². The van der Waals surface area contributed by atoms with E-state index in [1.54, 1.807) is 11.3 Å². The summed E-state index contributed by atoms with van der Waals surface area (Å²) in [6.45, 7) is 12.4. The quantitative estimate of drug-likeness (QED) is 0.886. The number of benzene rings is 1. The standard InChI is InChI=1S/C17H26N4S/c1-3-7-18-17-19-15-6-5-14(12-16(15)22-17)13-21-10-8-20(4-2)9-11-21/h5-6,12H,3-4,7-11,13H2,1-2H3,(H,18,19). The third-order valence-electron chi connectivity index (χ3n) is 4.30. The Bertz CT molecular complexity index is 602. The second-order valence-corrected chi connectivity index (χ2v) is 6.99. The van der Waals surface area contributed by atoms with E-state index < -0.39 is 0 Å². The van der Waals surface area contributed by atoms with E-state index in [1.807, 2.05) is 0 Å². The Labute approximate surface area is 137 Å². The Kier molecular flexibility index (Phi) is 5.28. The zero-order valence-corrected chi connectivity index (χ0v) is 14.5. The van der Waals surface area contributed by atoms with Crippen molar-refractivity contribution >= 4 is 26.7 Å². The number of piperazine rings is 1. The number of fused-ring (bicyclic) bond motifs is 1. The van der Waals surface area contributed by atoms with Crippen LogP contribution in [0.3, 0.4) is 0 Å².